The summed E-state index contributed by atoms with van der Waals surface area (Å²) in [6, 6.07) is 3.90. The Kier molecular flexibility index (Phi) is 3.89. The fourth-order valence-electron chi connectivity index (χ4n) is 2.12. The van der Waals surface area contributed by atoms with Gasteiger partial charge in [0.05, 0.1) is 5.56 Å². The van der Waals surface area contributed by atoms with Gasteiger partial charge >= 0.3 is 12.1 Å². The van der Waals surface area contributed by atoms with E-state index in [1.165, 1.54) is 6.07 Å². The van der Waals surface area contributed by atoms with Gasteiger partial charge in [-0.3, -0.25) is 0 Å². The summed E-state index contributed by atoms with van der Waals surface area (Å²) in [7, 11) is 0. The highest BCUT2D eigenvalue weighted by atomic mass is 19.1. The highest BCUT2D eigenvalue weighted by Gasteiger charge is 2.40. The van der Waals surface area contributed by atoms with Crippen molar-refractivity contribution in [1.29, 1.82) is 0 Å². The summed E-state index contributed by atoms with van der Waals surface area (Å²) in [4.78, 5) is 22.5. The first-order valence-electron chi connectivity index (χ1n) is 6.69. The van der Waals surface area contributed by atoms with E-state index in [9.17, 15) is 14.0 Å². The smallest absolute Gasteiger partial charge is 0.407 e. The van der Waals surface area contributed by atoms with Crippen LogP contribution in [0.4, 0.5) is 9.18 Å². The molecule has 2 atom stereocenters. The topological polar surface area (TPSA) is 75.6 Å². The standard InChI is InChI=1S/C15H18FNO4/c1-15(2,3)21-14(20)17-12-7-9(12)8-4-5-11(16)10(6-8)13(18)19/h4-6,9,12H,7H2,1-3H3,(H,17,20)(H,18,19)/t9-,12+/m0/s1. The first-order valence-corrected chi connectivity index (χ1v) is 6.69. The van der Waals surface area contributed by atoms with Crippen molar-refractivity contribution < 1.29 is 23.8 Å². The minimum Gasteiger partial charge on any atom is -0.478 e. The summed E-state index contributed by atoms with van der Waals surface area (Å²) in [5, 5.41) is 11.6. The molecule has 1 fully saturated rings. The van der Waals surface area contributed by atoms with Gasteiger partial charge in [-0.15, -0.1) is 0 Å². The van der Waals surface area contributed by atoms with Crippen LogP contribution >= 0.6 is 0 Å². The molecule has 0 spiro atoms. The van der Waals surface area contributed by atoms with Crippen molar-refractivity contribution in [3.05, 3.63) is 35.1 Å². The molecule has 0 unspecified atom stereocenters. The van der Waals surface area contributed by atoms with E-state index < -0.39 is 23.5 Å². The van der Waals surface area contributed by atoms with E-state index in [0.717, 1.165) is 6.07 Å². The lowest BCUT2D eigenvalue weighted by Gasteiger charge is -2.19. The van der Waals surface area contributed by atoms with Gasteiger partial charge in [-0.25, -0.2) is 14.0 Å². The molecule has 21 heavy (non-hydrogen) atoms. The summed E-state index contributed by atoms with van der Waals surface area (Å²) >= 11 is 0. The number of amides is 1. The zero-order valence-corrected chi connectivity index (χ0v) is 12.1. The number of nitrogens with one attached hydrogen (secondary N) is 1. The molecule has 6 heteroatoms. The van der Waals surface area contributed by atoms with E-state index in [0.29, 0.717) is 12.0 Å². The van der Waals surface area contributed by atoms with Crippen LogP contribution in [-0.4, -0.2) is 28.8 Å². The molecule has 1 aliphatic rings. The maximum absolute atomic E-state index is 13.3. The van der Waals surface area contributed by atoms with Crippen LogP contribution in [-0.2, 0) is 4.74 Å². The number of rotatable bonds is 3. The van der Waals surface area contributed by atoms with Crippen LogP contribution in [0, 0.1) is 5.82 Å². The normalized spacial score (nSPS) is 20.8. The first kappa shape index (κ1) is 15.3. The van der Waals surface area contributed by atoms with Crippen molar-refractivity contribution in [2.45, 2.75) is 44.8 Å². The third-order valence-electron chi connectivity index (χ3n) is 3.14. The molecule has 1 amide bonds. The van der Waals surface area contributed by atoms with Crippen molar-refractivity contribution in [2.75, 3.05) is 0 Å². The Hall–Kier alpha value is -2.11. The maximum atomic E-state index is 13.3. The molecule has 1 aliphatic carbocycles. The van der Waals surface area contributed by atoms with E-state index in [2.05, 4.69) is 5.32 Å². The van der Waals surface area contributed by atoms with Crippen LogP contribution in [0.25, 0.3) is 0 Å². The molecule has 0 radical (unpaired) electrons. The largest absolute Gasteiger partial charge is 0.478 e. The van der Waals surface area contributed by atoms with Gasteiger partial charge < -0.3 is 15.2 Å². The number of aromatic carboxylic acids is 1. The Bertz CT molecular complexity index is 580. The van der Waals surface area contributed by atoms with Crippen molar-refractivity contribution in [3.63, 3.8) is 0 Å². The fraction of sp³-hybridized carbons (Fsp3) is 0.467. The molecular weight excluding hydrogens is 277 g/mol. The summed E-state index contributed by atoms with van der Waals surface area (Å²) in [6.07, 6.45) is 0.180. The summed E-state index contributed by atoms with van der Waals surface area (Å²) in [5.41, 5.74) is -0.217. The second-order valence-corrected chi connectivity index (χ2v) is 6.14. The molecule has 1 saturated carbocycles. The lowest BCUT2D eigenvalue weighted by atomic mass is 10.1. The lowest BCUT2D eigenvalue weighted by Crippen LogP contribution is -2.34. The molecule has 2 N–H and O–H groups in total. The van der Waals surface area contributed by atoms with Gasteiger partial charge in [0.2, 0.25) is 0 Å². The molecule has 0 aliphatic heterocycles. The Morgan fingerprint density at radius 2 is 2.05 bits per heavy atom. The highest BCUT2D eigenvalue weighted by molar-refractivity contribution is 5.88. The number of hydrogen-bond donors (Lipinski definition) is 2. The van der Waals surface area contributed by atoms with E-state index in [4.69, 9.17) is 9.84 Å². The zero-order chi connectivity index (χ0) is 15.8. The summed E-state index contributed by atoms with van der Waals surface area (Å²) in [5.74, 6) is -2.06. The van der Waals surface area contributed by atoms with Gasteiger partial charge in [0.25, 0.3) is 0 Å². The highest BCUT2D eigenvalue weighted by Crippen LogP contribution is 2.41. The van der Waals surface area contributed by atoms with Crippen LogP contribution < -0.4 is 5.32 Å². The molecular formula is C15H18FNO4. The first-order chi connectivity index (χ1) is 9.67. The predicted octanol–water partition coefficient (Wildman–Crippen LogP) is 2.90. The Morgan fingerprint density at radius 1 is 1.38 bits per heavy atom. The number of carboxylic acids is 1. The second kappa shape index (κ2) is 5.35. The third-order valence-corrected chi connectivity index (χ3v) is 3.14. The molecule has 0 heterocycles. The molecule has 1 aromatic carbocycles. The molecule has 114 valence electrons. The van der Waals surface area contributed by atoms with E-state index in [1.54, 1.807) is 26.8 Å². The third kappa shape index (κ3) is 3.93. The van der Waals surface area contributed by atoms with E-state index in [1.807, 2.05) is 0 Å². The summed E-state index contributed by atoms with van der Waals surface area (Å²) < 4.78 is 18.5. The van der Waals surface area contributed by atoms with Crippen LogP contribution in [0.15, 0.2) is 18.2 Å². The van der Waals surface area contributed by atoms with Crippen LogP contribution in [0.5, 0.6) is 0 Å². The van der Waals surface area contributed by atoms with Gasteiger partial charge in [-0.1, -0.05) is 6.07 Å². The Labute approximate surface area is 122 Å². The predicted molar refractivity (Wildman–Crippen MR) is 73.9 cm³/mol. The van der Waals surface area contributed by atoms with Gasteiger partial charge in [0.15, 0.2) is 0 Å². The monoisotopic (exact) mass is 295 g/mol. The average Bonchev–Trinajstić information content (AvgIpc) is 3.05. The van der Waals surface area contributed by atoms with Crippen LogP contribution in [0.3, 0.4) is 0 Å². The quantitative estimate of drug-likeness (QED) is 0.899. The van der Waals surface area contributed by atoms with E-state index in [-0.39, 0.29) is 17.5 Å². The van der Waals surface area contributed by atoms with Gasteiger partial charge in [-0.05, 0) is 44.9 Å². The van der Waals surface area contributed by atoms with Crippen molar-refractivity contribution in [2.24, 2.45) is 0 Å². The maximum Gasteiger partial charge on any atom is 0.407 e. The van der Waals surface area contributed by atoms with Crippen LogP contribution in [0.1, 0.15) is 49.0 Å². The molecule has 1 aromatic rings. The van der Waals surface area contributed by atoms with E-state index >= 15 is 0 Å². The Morgan fingerprint density at radius 3 is 2.62 bits per heavy atom. The number of carbonyl (C=O) groups excluding carboxylic acids is 1. The van der Waals surface area contributed by atoms with Crippen molar-refractivity contribution in [3.8, 4) is 0 Å². The van der Waals surface area contributed by atoms with Gasteiger partial charge in [0, 0.05) is 12.0 Å². The van der Waals surface area contributed by atoms with Crippen molar-refractivity contribution in [1.82, 2.24) is 5.32 Å². The lowest BCUT2D eigenvalue weighted by molar-refractivity contribution is 0.0522. The summed E-state index contributed by atoms with van der Waals surface area (Å²) in [6.45, 7) is 5.32. The number of halogens is 1. The number of hydrogen-bond acceptors (Lipinski definition) is 3. The minimum atomic E-state index is -1.30. The molecule has 0 saturated heterocycles. The molecule has 0 bridgehead atoms. The van der Waals surface area contributed by atoms with Crippen molar-refractivity contribution >= 4 is 12.1 Å². The zero-order valence-electron chi connectivity index (χ0n) is 12.1. The SMILES string of the molecule is CC(C)(C)OC(=O)N[C@@H]1C[C@H]1c1ccc(F)c(C(=O)O)c1. The fourth-order valence-corrected chi connectivity index (χ4v) is 2.12. The average molecular weight is 295 g/mol. The number of alkyl carbamates (subject to hydrolysis) is 1. The molecule has 2 rings (SSSR count). The number of carbonyl (C=O) groups is 2. The molecule has 0 aromatic heterocycles. The Balaban J connectivity index is 1.99. The number of benzene rings is 1. The van der Waals surface area contributed by atoms with Gasteiger partial charge in [0.1, 0.15) is 11.4 Å². The second-order valence-electron chi connectivity index (χ2n) is 6.14. The molecule has 5 nitrogen and oxygen atoms in total. The van der Waals surface area contributed by atoms with Gasteiger partial charge in [-0.2, -0.15) is 0 Å². The van der Waals surface area contributed by atoms with Crippen LogP contribution in [0.2, 0.25) is 0 Å². The minimum absolute atomic E-state index is 0.00350. The number of ether oxygens (including phenoxy) is 1. The number of carboxylic acid groups (broad SMARTS) is 1.